The average molecular weight is 445 g/mol. The van der Waals surface area contributed by atoms with Gasteiger partial charge in [0, 0.05) is 42.9 Å². The zero-order valence-electron chi connectivity index (χ0n) is 19.4. The van der Waals surface area contributed by atoms with E-state index in [1.165, 1.54) is 4.52 Å². The summed E-state index contributed by atoms with van der Waals surface area (Å²) in [5, 5.41) is 7.51. The van der Waals surface area contributed by atoms with Crippen LogP contribution in [-0.2, 0) is 24.8 Å². The van der Waals surface area contributed by atoms with E-state index in [1.54, 1.807) is 7.11 Å². The fraction of sp³-hybridized carbons (Fsp3) is 0.269. The van der Waals surface area contributed by atoms with Crippen LogP contribution in [0.1, 0.15) is 28.8 Å². The summed E-state index contributed by atoms with van der Waals surface area (Å²) in [7, 11) is 3.53. The summed E-state index contributed by atoms with van der Waals surface area (Å²) in [6.07, 6.45) is 0.565. The number of fused-ring (bicyclic) bond motifs is 1. The topological polar surface area (TPSA) is 77.6 Å². The van der Waals surface area contributed by atoms with Crippen molar-refractivity contribution in [2.24, 2.45) is 7.05 Å². The van der Waals surface area contributed by atoms with Gasteiger partial charge in [0.15, 0.2) is 0 Å². The molecule has 2 heterocycles. The Morgan fingerprint density at radius 3 is 2.64 bits per heavy atom. The highest BCUT2D eigenvalue weighted by Gasteiger charge is 2.17. The molecule has 2 aromatic heterocycles. The Morgan fingerprint density at radius 1 is 1.09 bits per heavy atom. The van der Waals surface area contributed by atoms with Crippen LogP contribution in [0, 0.1) is 13.8 Å². The van der Waals surface area contributed by atoms with Crippen LogP contribution in [0.4, 0.5) is 0 Å². The van der Waals surface area contributed by atoms with Crippen molar-refractivity contribution in [3.8, 4) is 17.0 Å². The van der Waals surface area contributed by atoms with Crippen molar-refractivity contribution < 1.29 is 9.53 Å². The lowest BCUT2D eigenvalue weighted by Gasteiger charge is -2.12. The fourth-order valence-electron chi connectivity index (χ4n) is 4.01. The van der Waals surface area contributed by atoms with Gasteiger partial charge in [0.2, 0.25) is 5.91 Å². The lowest BCUT2D eigenvalue weighted by Crippen LogP contribution is -2.27. The minimum Gasteiger partial charge on any atom is -0.497 e. The van der Waals surface area contributed by atoms with Gasteiger partial charge in [-0.15, -0.1) is 0 Å². The lowest BCUT2D eigenvalue weighted by atomic mass is 10.1. The van der Waals surface area contributed by atoms with E-state index >= 15 is 0 Å². The molecule has 0 saturated carbocycles. The number of aryl methyl sites for hydroxylation is 2. The summed E-state index contributed by atoms with van der Waals surface area (Å²) in [6, 6.07) is 17.5. The second-order valence-electron chi connectivity index (χ2n) is 8.17. The average Bonchev–Trinajstić information content (AvgIpc) is 3.27. The molecule has 0 aliphatic carbocycles. The summed E-state index contributed by atoms with van der Waals surface area (Å²) in [6.45, 7) is 4.34. The van der Waals surface area contributed by atoms with E-state index in [0.717, 1.165) is 39.5 Å². The molecular formula is C26H28N4O3. The molecule has 0 fully saturated rings. The molecule has 0 saturated heterocycles. The first-order valence-corrected chi connectivity index (χ1v) is 10.9. The number of rotatable bonds is 7. The van der Waals surface area contributed by atoms with Gasteiger partial charge < -0.3 is 14.6 Å². The summed E-state index contributed by atoms with van der Waals surface area (Å²) in [4.78, 5) is 25.7. The van der Waals surface area contributed by atoms with Crippen LogP contribution in [0.3, 0.4) is 0 Å². The highest BCUT2D eigenvalue weighted by molar-refractivity contribution is 5.76. The number of hydrogen-bond donors (Lipinski definition) is 1. The van der Waals surface area contributed by atoms with E-state index in [1.807, 2.05) is 80.1 Å². The maximum absolute atomic E-state index is 13.2. The van der Waals surface area contributed by atoms with Crippen molar-refractivity contribution in [1.29, 1.82) is 0 Å². The van der Waals surface area contributed by atoms with E-state index in [9.17, 15) is 9.59 Å². The molecule has 0 radical (unpaired) electrons. The Kier molecular flexibility index (Phi) is 6.31. The van der Waals surface area contributed by atoms with Gasteiger partial charge in [-0.25, -0.2) is 0 Å². The third-order valence-electron chi connectivity index (χ3n) is 6.07. The highest BCUT2D eigenvalue weighted by atomic mass is 16.5. The second kappa shape index (κ2) is 9.32. The quantitative estimate of drug-likeness (QED) is 0.473. The molecule has 1 N–H and O–H groups in total. The minimum atomic E-state index is -0.180. The second-order valence-corrected chi connectivity index (χ2v) is 8.17. The molecule has 7 nitrogen and oxygen atoms in total. The van der Waals surface area contributed by atoms with E-state index in [-0.39, 0.29) is 17.9 Å². The van der Waals surface area contributed by atoms with Crippen molar-refractivity contribution in [2.45, 2.75) is 33.2 Å². The first-order valence-electron chi connectivity index (χ1n) is 10.9. The van der Waals surface area contributed by atoms with Crippen LogP contribution < -0.4 is 15.6 Å². The number of benzene rings is 2. The van der Waals surface area contributed by atoms with Crippen LogP contribution >= 0.6 is 0 Å². The number of ether oxygens (including phenoxy) is 1. The predicted molar refractivity (Wildman–Crippen MR) is 129 cm³/mol. The Labute approximate surface area is 192 Å². The normalized spacial score (nSPS) is 11.0. The van der Waals surface area contributed by atoms with Gasteiger partial charge in [-0.05, 0) is 43.5 Å². The number of nitrogens with one attached hydrogen (secondary N) is 1. The van der Waals surface area contributed by atoms with E-state index in [4.69, 9.17) is 4.74 Å². The summed E-state index contributed by atoms with van der Waals surface area (Å²) in [5.41, 5.74) is 5.79. The van der Waals surface area contributed by atoms with E-state index < -0.39 is 0 Å². The molecule has 0 aliphatic rings. The Hall–Kier alpha value is -3.87. The maximum atomic E-state index is 13.2. The molecule has 0 unspecified atom stereocenters. The molecule has 4 aromatic rings. The minimum absolute atomic E-state index is 0.111. The largest absolute Gasteiger partial charge is 0.497 e. The highest BCUT2D eigenvalue weighted by Crippen LogP contribution is 2.23. The van der Waals surface area contributed by atoms with Crippen LogP contribution in [0.25, 0.3) is 16.9 Å². The molecule has 7 heteroatoms. The third kappa shape index (κ3) is 4.53. The molecule has 0 aliphatic heterocycles. The predicted octanol–water partition coefficient (Wildman–Crippen LogP) is 3.57. The molecular weight excluding hydrogens is 416 g/mol. The summed E-state index contributed by atoms with van der Waals surface area (Å²) in [5.74, 6) is 0.638. The van der Waals surface area contributed by atoms with Crippen molar-refractivity contribution in [2.75, 3.05) is 7.11 Å². The molecule has 0 spiro atoms. The Bertz CT molecular complexity index is 1380. The zero-order valence-corrected chi connectivity index (χ0v) is 19.4. The number of carbonyl (C=O) groups excluding carboxylic acids is 1. The van der Waals surface area contributed by atoms with Gasteiger partial charge in [-0.3, -0.25) is 9.59 Å². The summed E-state index contributed by atoms with van der Waals surface area (Å²) >= 11 is 0. The number of amides is 1. The Morgan fingerprint density at radius 2 is 1.88 bits per heavy atom. The number of carbonyl (C=O) groups is 1. The monoisotopic (exact) mass is 444 g/mol. The molecule has 33 heavy (non-hydrogen) atoms. The molecule has 1 amide bonds. The van der Waals surface area contributed by atoms with Crippen LogP contribution in [0.15, 0.2) is 59.4 Å². The molecule has 2 aromatic carbocycles. The van der Waals surface area contributed by atoms with Crippen molar-refractivity contribution in [3.63, 3.8) is 0 Å². The van der Waals surface area contributed by atoms with Gasteiger partial charge in [-0.1, -0.05) is 36.4 Å². The van der Waals surface area contributed by atoms with Crippen molar-refractivity contribution >= 4 is 11.6 Å². The SMILES string of the molecule is COc1cccc(CNC(=O)CCc2c(C)n(C)c3cc(-c4ccccc4C)nn3c2=O)c1. The lowest BCUT2D eigenvalue weighted by molar-refractivity contribution is -0.121. The number of aromatic nitrogens is 3. The molecule has 0 bridgehead atoms. The standard InChI is InChI=1S/C26H28N4O3/c1-17-8-5-6-11-21(17)23-15-25-29(3)18(2)22(26(32)30(25)28-23)12-13-24(31)27-16-19-9-7-10-20(14-19)33-4/h5-11,14-15H,12-13,16H2,1-4H3,(H,27,31). The van der Waals surface area contributed by atoms with E-state index in [0.29, 0.717) is 18.5 Å². The Balaban J connectivity index is 1.53. The first kappa shape index (κ1) is 22.3. The van der Waals surface area contributed by atoms with Crippen LogP contribution in [-0.4, -0.2) is 27.2 Å². The molecule has 4 rings (SSSR count). The number of methoxy groups -OCH3 is 1. The van der Waals surface area contributed by atoms with Gasteiger partial charge in [0.25, 0.3) is 5.56 Å². The summed E-state index contributed by atoms with van der Waals surface area (Å²) < 4.78 is 8.62. The van der Waals surface area contributed by atoms with Gasteiger partial charge >= 0.3 is 0 Å². The third-order valence-corrected chi connectivity index (χ3v) is 6.07. The van der Waals surface area contributed by atoms with Gasteiger partial charge in [-0.2, -0.15) is 9.61 Å². The molecule has 170 valence electrons. The van der Waals surface area contributed by atoms with Crippen LogP contribution in [0.2, 0.25) is 0 Å². The number of hydrogen-bond acceptors (Lipinski definition) is 4. The molecule has 0 atom stereocenters. The van der Waals surface area contributed by atoms with E-state index in [2.05, 4.69) is 10.4 Å². The maximum Gasteiger partial charge on any atom is 0.277 e. The first-order chi connectivity index (χ1) is 15.9. The van der Waals surface area contributed by atoms with Gasteiger partial charge in [0.05, 0.1) is 12.8 Å². The fourth-order valence-corrected chi connectivity index (χ4v) is 4.01. The van der Waals surface area contributed by atoms with Crippen LogP contribution in [0.5, 0.6) is 5.75 Å². The van der Waals surface area contributed by atoms with Crippen molar-refractivity contribution in [3.05, 3.63) is 87.3 Å². The van der Waals surface area contributed by atoms with Crippen molar-refractivity contribution in [1.82, 2.24) is 19.5 Å². The zero-order chi connectivity index (χ0) is 23.5. The smallest absolute Gasteiger partial charge is 0.277 e. The van der Waals surface area contributed by atoms with Gasteiger partial charge in [0.1, 0.15) is 11.4 Å². The number of nitrogens with zero attached hydrogens (tertiary/aromatic N) is 3.